The zero-order chi connectivity index (χ0) is 11.3. The molecule has 5 nitrogen and oxygen atoms in total. The first-order chi connectivity index (χ1) is 7.14. The van der Waals surface area contributed by atoms with Crippen LogP contribution in [0.4, 0.5) is 0 Å². The number of carbonyl (C=O) groups is 1. The summed E-state index contributed by atoms with van der Waals surface area (Å²) >= 11 is 0. The Bertz CT molecular complexity index is 278. The van der Waals surface area contributed by atoms with Crippen LogP contribution >= 0.6 is 0 Å². The van der Waals surface area contributed by atoms with Crippen molar-refractivity contribution in [1.82, 2.24) is 5.32 Å². The van der Waals surface area contributed by atoms with Crippen molar-refractivity contribution >= 4 is 5.97 Å². The van der Waals surface area contributed by atoms with Gasteiger partial charge in [0.15, 0.2) is 12.7 Å². The monoisotopic (exact) mass is 213 g/mol. The van der Waals surface area contributed by atoms with Gasteiger partial charge >= 0.3 is 5.97 Å². The molecule has 0 radical (unpaired) electrons. The molecule has 5 heteroatoms. The van der Waals surface area contributed by atoms with Crippen LogP contribution in [0.3, 0.4) is 0 Å². The molecule has 0 saturated carbocycles. The molecule has 0 spiro atoms. The lowest BCUT2D eigenvalue weighted by molar-refractivity contribution is -0.894. The van der Waals surface area contributed by atoms with Gasteiger partial charge in [0.2, 0.25) is 0 Å². The van der Waals surface area contributed by atoms with Crippen LogP contribution in [-0.4, -0.2) is 46.5 Å². The molecule has 0 aromatic carbocycles. The van der Waals surface area contributed by atoms with E-state index in [2.05, 4.69) is 11.9 Å². The lowest BCUT2D eigenvalue weighted by Crippen LogP contribution is -2.56. The molecule has 3 N–H and O–H groups in total. The van der Waals surface area contributed by atoms with E-state index in [0.717, 1.165) is 0 Å². The van der Waals surface area contributed by atoms with Crippen LogP contribution in [0, 0.1) is 0 Å². The van der Waals surface area contributed by atoms with E-state index < -0.39 is 5.97 Å². The lowest BCUT2D eigenvalue weighted by atomic mass is 10.2. The predicted octanol–water partition coefficient (Wildman–Crippen LogP) is -0.143. The number of carboxylic acids is 1. The van der Waals surface area contributed by atoms with Crippen LogP contribution in [0.2, 0.25) is 0 Å². The van der Waals surface area contributed by atoms with E-state index in [1.54, 1.807) is 18.5 Å². The van der Waals surface area contributed by atoms with Gasteiger partial charge in [-0.25, -0.2) is 4.79 Å². The highest BCUT2D eigenvalue weighted by Gasteiger charge is 2.39. The Morgan fingerprint density at radius 1 is 1.67 bits per heavy atom. The first-order valence-corrected chi connectivity index (χ1v) is 4.88. The van der Waals surface area contributed by atoms with Gasteiger partial charge in [0.05, 0.1) is 12.8 Å². The molecule has 1 aliphatic heterocycles. The van der Waals surface area contributed by atoms with E-state index >= 15 is 0 Å². The van der Waals surface area contributed by atoms with E-state index in [-0.39, 0.29) is 23.8 Å². The standard InChI is InChI=1S/C10H16N2O3/c1-2-3-9-11-4-5-12(9,6-7-13)8-10(14)15/h2,4-5,9,11,13H,1,3,6-8H2/p+1. The van der Waals surface area contributed by atoms with Crippen molar-refractivity contribution in [3.63, 3.8) is 0 Å². The molecule has 0 saturated heterocycles. The number of nitrogens with zero attached hydrogens (tertiary/aromatic N) is 1. The van der Waals surface area contributed by atoms with Crippen molar-refractivity contribution in [3.05, 3.63) is 25.1 Å². The van der Waals surface area contributed by atoms with E-state index in [1.165, 1.54) is 0 Å². The van der Waals surface area contributed by atoms with Crippen molar-refractivity contribution < 1.29 is 19.5 Å². The molecule has 84 valence electrons. The number of nitrogens with one attached hydrogen (secondary N) is 1. The Hall–Kier alpha value is -1.33. The Morgan fingerprint density at radius 2 is 2.40 bits per heavy atom. The average Bonchev–Trinajstić information content (AvgIpc) is 2.49. The molecule has 0 fully saturated rings. The normalized spacial score (nSPS) is 28.7. The summed E-state index contributed by atoms with van der Waals surface area (Å²) in [5, 5.41) is 20.9. The van der Waals surface area contributed by atoms with Crippen LogP contribution in [0.15, 0.2) is 25.1 Å². The fourth-order valence-corrected chi connectivity index (χ4v) is 1.90. The number of quaternary nitrogens is 1. The molecular weight excluding hydrogens is 196 g/mol. The molecule has 1 rings (SSSR count). The van der Waals surface area contributed by atoms with Gasteiger partial charge in [0.25, 0.3) is 0 Å². The maximum atomic E-state index is 10.8. The van der Waals surface area contributed by atoms with Crippen molar-refractivity contribution in [2.24, 2.45) is 0 Å². The topological polar surface area (TPSA) is 69.6 Å². The Balaban J connectivity index is 2.81. The second kappa shape index (κ2) is 4.95. The highest BCUT2D eigenvalue weighted by molar-refractivity contribution is 5.68. The minimum absolute atomic E-state index is 0.0252. The number of aliphatic hydroxyl groups excluding tert-OH is 1. The molecule has 2 unspecified atom stereocenters. The molecule has 0 aromatic rings. The van der Waals surface area contributed by atoms with Gasteiger partial charge in [-0.1, -0.05) is 6.08 Å². The van der Waals surface area contributed by atoms with Crippen LogP contribution in [-0.2, 0) is 4.79 Å². The number of hydrogen-bond acceptors (Lipinski definition) is 3. The molecule has 0 aliphatic carbocycles. The third kappa shape index (κ3) is 2.57. The predicted molar refractivity (Wildman–Crippen MR) is 55.6 cm³/mol. The number of carboxylic acid groups (broad SMARTS) is 1. The second-order valence-corrected chi connectivity index (χ2v) is 3.62. The SMILES string of the molecule is C=CCC1NC=C[N+]1(CCO)CC(=O)O. The Morgan fingerprint density at radius 3 is 2.93 bits per heavy atom. The van der Waals surface area contributed by atoms with Crippen LogP contribution < -0.4 is 5.32 Å². The number of aliphatic carboxylic acids is 1. The molecule has 1 heterocycles. The summed E-state index contributed by atoms with van der Waals surface area (Å²) < 4.78 is 0.234. The third-order valence-corrected chi connectivity index (χ3v) is 2.62. The summed E-state index contributed by atoms with van der Waals surface area (Å²) in [6.45, 7) is 3.98. The number of aliphatic hydroxyl groups is 1. The zero-order valence-electron chi connectivity index (χ0n) is 8.59. The summed E-state index contributed by atoms with van der Waals surface area (Å²) in [5.41, 5.74) is 0. The molecule has 2 atom stereocenters. The van der Waals surface area contributed by atoms with Gasteiger partial charge in [0, 0.05) is 6.42 Å². The molecule has 0 amide bonds. The van der Waals surface area contributed by atoms with Crippen LogP contribution in [0.1, 0.15) is 6.42 Å². The van der Waals surface area contributed by atoms with Crippen molar-refractivity contribution in [3.8, 4) is 0 Å². The summed E-state index contributed by atoms with van der Waals surface area (Å²) in [6.07, 6.45) is 5.91. The summed E-state index contributed by atoms with van der Waals surface area (Å²) in [4.78, 5) is 10.8. The molecule has 15 heavy (non-hydrogen) atoms. The highest BCUT2D eigenvalue weighted by Crippen LogP contribution is 2.20. The largest absolute Gasteiger partial charge is 0.477 e. The average molecular weight is 213 g/mol. The maximum absolute atomic E-state index is 10.8. The van der Waals surface area contributed by atoms with Gasteiger partial charge < -0.3 is 15.5 Å². The van der Waals surface area contributed by atoms with E-state index in [4.69, 9.17) is 10.2 Å². The summed E-state index contributed by atoms with van der Waals surface area (Å²) in [5.74, 6) is -0.870. The minimum Gasteiger partial charge on any atom is -0.477 e. The molecule has 0 aromatic heterocycles. The number of hydrogen-bond donors (Lipinski definition) is 3. The van der Waals surface area contributed by atoms with Crippen molar-refractivity contribution in [2.75, 3.05) is 19.7 Å². The molecule has 1 aliphatic rings. The van der Waals surface area contributed by atoms with E-state index in [9.17, 15) is 4.79 Å². The summed E-state index contributed by atoms with van der Waals surface area (Å²) in [6, 6.07) is 0. The van der Waals surface area contributed by atoms with Gasteiger partial charge in [-0.15, -0.1) is 6.58 Å². The van der Waals surface area contributed by atoms with Crippen molar-refractivity contribution in [2.45, 2.75) is 12.6 Å². The number of rotatable bonds is 6. The Labute approximate surface area is 88.9 Å². The first-order valence-electron chi connectivity index (χ1n) is 4.88. The lowest BCUT2D eigenvalue weighted by Gasteiger charge is -2.35. The van der Waals surface area contributed by atoms with Crippen molar-refractivity contribution in [1.29, 1.82) is 0 Å². The highest BCUT2D eigenvalue weighted by atomic mass is 16.4. The first kappa shape index (κ1) is 11.7. The summed E-state index contributed by atoms with van der Waals surface area (Å²) in [7, 11) is 0. The minimum atomic E-state index is -0.870. The second-order valence-electron chi connectivity index (χ2n) is 3.62. The molecule has 0 bridgehead atoms. The van der Waals surface area contributed by atoms with Gasteiger partial charge in [-0.05, 0) is 0 Å². The fraction of sp³-hybridized carbons (Fsp3) is 0.500. The van der Waals surface area contributed by atoms with Crippen LogP contribution in [0.5, 0.6) is 0 Å². The van der Waals surface area contributed by atoms with Crippen LogP contribution in [0.25, 0.3) is 0 Å². The van der Waals surface area contributed by atoms with E-state index in [1.807, 2.05) is 0 Å². The smallest absolute Gasteiger partial charge is 0.359 e. The van der Waals surface area contributed by atoms with Gasteiger partial charge in [0.1, 0.15) is 12.7 Å². The molecular formula is C10H17N2O3+. The van der Waals surface area contributed by atoms with Gasteiger partial charge in [-0.3, -0.25) is 4.48 Å². The van der Waals surface area contributed by atoms with E-state index in [0.29, 0.717) is 13.0 Å². The fourth-order valence-electron chi connectivity index (χ4n) is 1.90. The third-order valence-electron chi connectivity index (χ3n) is 2.62. The zero-order valence-corrected chi connectivity index (χ0v) is 8.59. The maximum Gasteiger partial charge on any atom is 0.359 e. The quantitative estimate of drug-likeness (QED) is 0.424. The van der Waals surface area contributed by atoms with Gasteiger partial charge in [-0.2, -0.15) is 0 Å². The Kier molecular flexibility index (Phi) is 3.88.